The molecule has 5 N–H and O–H groups in total. The van der Waals surface area contributed by atoms with Crippen LogP contribution in [0.4, 0.5) is 5.69 Å². The number of aromatic hydroxyl groups is 1. The third-order valence-corrected chi connectivity index (χ3v) is 3.23. The first-order valence-corrected chi connectivity index (χ1v) is 5.72. The number of anilines is 1. The van der Waals surface area contributed by atoms with E-state index < -0.39 is 0 Å². The summed E-state index contributed by atoms with van der Waals surface area (Å²) >= 11 is 0. The van der Waals surface area contributed by atoms with Gasteiger partial charge in [-0.25, -0.2) is 0 Å². The van der Waals surface area contributed by atoms with Crippen molar-refractivity contribution in [3.05, 3.63) is 24.3 Å². The molecule has 2 rings (SSSR count). The number of piperidine rings is 1. The fraction of sp³-hybridized carbons (Fsp3) is 0.500. The first-order valence-electron chi connectivity index (χ1n) is 5.72. The molecule has 1 aromatic carbocycles. The van der Waals surface area contributed by atoms with E-state index in [1.807, 2.05) is 12.1 Å². The summed E-state index contributed by atoms with van der Waals surface area (Å²) in [6.07, 6.45) is 2.06. The van der Waals surface area contributed by atoms with Crippen LogP contribution in [0.2, 0.25) is 0 Å². The zero-order valence-corrected chi connectivity index (χ0v) is 9.37. The minimum atomic E-state index is 0.00220. The lowest BCUT2D eigenvalue weighted by Crippen LogP contribution is -2.52. The second-order valence-electron chi connectivity index (χ2n) is 4.41. The van der Waals surface area contributed by atoms with Crippen molar-refractivity contribution < 1.29 is 5.11 Å². The Balaban J connectivity index is 2.08. The molecule has 0 aromatic heterocycles. The fourth-order valence-corrected chi connectivity index (χ4v) is 2.14. The van der Waals surface area contributed by atoms with E-state index in [2.05, 4.69) is 10.6 Å². The first kappa shape index (κ1) is 11.2. The number of phenols is 1. The Morgan fingerprint density at radius 2 is 1.88 bits per heavy atom. The minimum absolute atomic E-state index is 0.00220. The van der Waals surface area contributed by atoms with Crippen LogP contribution in [0, 0.1) is 0 Å². The highest BCUT2D eigenvalue weighted by Gasteiger charge is 2.30. The molecule has 1 aliphatic heterocycles. The third kappa shape index (κ3) is 2.46. The molecule has 1 heterocycles. The van der Waals surface area contributed by atoms with E-state index in [1.54, 1.807) is 12.1 Å². The molecule has 1 saturated heterocycles. The van der Waals surface area contributed by atoms with Crippen molar-refractivity contribution in [1.29, 1.82) is 0 Å². The van der Waals surface area contributed by atoms with Crippen molar-refractivity contribution in [1.82, 2.24) is 5.32 Å². The average molecular weight is 221 g/mol. The van der Waals surface area contributed by atoms with Gasteiger partial charge in [0.25, 0.3) is 0 Å². The Bertz CT molecular complexity index is 331. The Labute approximate surface area is 95.8 Å². The van der Waals surface area contributed by atoms with Gasteiger partial charge in [0.15, 0.2) is 0 Å². The molecule has 4 heteroatoms. The van der Waals surface area contributed by atoms with Gasteiger partial charge >= 0.3 is 0 Å². The van der Waals surface area contributed by atoms with Crippen molar-refractivity contribution >= 4 is 5.69 Å². The van der Waals surface area contributed by atoms with E-state index >= 15 is 0 Å². The Kier molecular flexibility index (Phi) is 3.31. The summed E-state index contributed by atoms with van der Waals surface area (Å²) < 4.78 is 0. The van der Waals surface area contributed by atoms with E-state index in [-0.39, 0.29) is 11.3 Å². The molecule has 1 fully saturated rings. The van der Waals surface area contributed by atoms with Crippen LogP contribution in [0.1, 0.15) is 12.8 Å². The second-order valence-corrected chi connectivity index (χ2v) is 4.41. The number of rotatable bonds is 3. The van der Waals surface area contributed by atoms with Gasteiger partial charge in [-0.3, -0.25) is 0 Å². The summed E-state index contributed by atoms with van der Waals surface area (Å²) in [5, 5.41) is 16.0. The number of benzene rings is 1. The molecular weight excluding hydrogens is 202 g/mol. The zero-order valence-electron chi connectivity index (χ0n) is 9.37. The highest BCUT2D eigenvalue weighted by molar-refractivity contribution is 5.48. The molecule has 0 spiro atoms. The zero-order chi connectivity index (χ0) is 11.4. The number of phenolic OH excluding ortho intramolecular Hbond substituents is 1. The maximum absolute atomic E-state index is 9.22. The predicted molar refractivity (Wildman–Crippen MR) is 65.6 cm³/mol. The molecule has 0 atom stereocenters. The number of nitrogens with two attached hydrogens (primary N) is 1. The van der Waals surface area contributed by atoms with Crippen LogP contribution in [0.5, 0.6) is 5.75 Å². The average Bonchev–Trinajstić information content (AvgIpc) is 2.33. The van der Waals surface area contributed by atoms with Crippen molar-refractivity contribution in [2.24, 2.45) is 5.73 Å². The number of nitrogens with one attached hydrogen (secondary N) is 2. The van der Waals surface area contributed by atoms with Crippen LogP contribution in [-0.2, 0) is 0 Å². The molecule has 16 heavy (non-hydrogen) atoms. The molecule has 4 nitrogen and oxygen atoms in total. The molecule has 0 bridgehead atoms. The monoisotopic (exact) mass is 221 g/mol. The first-order chi connectivity index (χ1) is 7.74. The summed E-state index contributed by atoms with van der Waals surface area (Å²) in [7, 11) is 0. The van der Waals surface area contributed by atoms with Crippen molar-refractivity contribution in [2.75, 3.05) is 25.0 Å². The van der Waals surface area contributed by atoms with E-state index in [0.717, 1.165) is 31.6 Å². The Hall–Kier alpha value is -1.26. The van der Waals surface area contributed by atoms with Gasteiger partial charge in [-0.05, 0) is 50.2 Å². The molecular formula is C12H19N3O. The van der Waals surface area contributed by atoms with Gasteiger partial charge in [0, 0.05) is 12.2 Å². The highest BCUT2D eigenvalue weighted by Crippen LogP contribution is 2.24. The van der Waals surface area contributed by atoms with Crippen molar-refractivity contribution in [3.8, 4) is 5.75 Å². The Morgan fingerprint density at radius 3 is 2.44 bits per heavy atom. The quantitative estimate of drug-likeness (QED) is 0.572. The maximum Gasteiger partial charge on any atom is 0.115 e. The van der Waals surface area contributed by atoms with Crippen LogP contribution >= 0.6 is 0 Å². The molecule has 1 aliphatic rings. The van der Waals surface area contributed by atoms with Gasteiger partial charge in [0.05, 0.1) is 5.54 Å². The van der Waals surface area contributed by atoms with Gasteiger partial charge in [-0.15, -0.1) is 0 Å². The SMILES string of the molecule is NCC1(Nc2ccc(O)cc2)CCNCC1. The third-order valence-electron chi connectivity index (χ3n) is 3.23. The standard InChI is InChI=1S/C12H19N3O/c13-9-12(5-7-14-8-6-12)15-10-1-3-11(16)4-2-10/h1-4,14-16H,5-9,13H2. The number of hydrogen-bond donors (Lipinski definition) is 4. The molecule has 1 aromatic rings. The molecule has 0 amide bonds. The van der Waals surface area contributed by atoms with Gasteiger partial charge < -0.3 is 21.5 Å². The van der Waals surface area contributed by atoms with Crippen LogP contribution in [0.15, 0.2) is 24.3 Å². The lowest BCUT2D eigenvalue weighted by Gasteiger charge is -2.38. The summed E-state index contributed by atoms with van der Waals surface area (Å²) in [4.78, 5) is 0. The lowest BCUT2D eigenvalue weighted by molar-refractivity contribution is 0.346. The van der Waals surface area contributed by atoms with Crippen LogP contribution in [0.25, 0.3) is 0 Å². The van der Waals surface area contributed by atoms with Crippen molar-refractivity contribution in [2.45, 2.75) is 18.4 Å². The fourth-order valence-electron chi connectivity index (χ4n) is 2.14. The normalized spacial score (nSPS) is 19.3. The predicted octanol–water partition coefficient (Wildman–Crippen LogP) is 0.885. The van der Waals surface area contributed by atoms with Gasteiger partial charge in [-0.2, -0.15) is 0 Å². The largest absolute Gasteiger partial charge is 0.508 e. The lowest BCUT2D eigenvalue weighted by atomic mass is 9.88. The van der Waals surface area contributed by atoms with E-state index in [0.29, 0.717) is 6.54 Å². The summed E-state index contributed by atoms with van der Waals surface area (Å²) in [5.74, 6) is 0.289. The summed E-state index contributed by atoms with van der Waals surface area (Å²) in [5.41, 5.74) is 6.90. The van der Waals surface area contributed by atoms with Crippen molar-refractivity contribution in [3.63, 3.8) is 0 Å². The van der Waals surface area contributed by atoms with E-state index in [1.165, 1.54) is 0 Å². The van der Waals surface area contributed by atoms with E-state index in [4.69, 9.17) is 5.73 Å². The van der Waals surface area contributed by atoms with Gasteiger partial charge in [0.1, 0.15) is 5.75 Å². The Morgan fingerprint density at radius 1 is 1.25 bits per heavy atom. The van der Waals surface area contributed by atoms with Crippen LogP contribution in [0.3, 0.4) is 0 Å². The molecule has 0 aliphatic carbocycles. The number of hydrogen-bond acceptors (Lipinski definition) is 4. The molecule has 0 unspecified atom stereocenters. The topological polar surface area (TPSA) is 70.3 Å². The summed E-state index contributed by atoms with van der Waals surface area (Å²) in [6.45, 7) is 2.64. The van der Waals surface area contributed by atoms with E-state index in [9.17, 15) is 5.11 Å². The smallest absolute Gasteiger partial charge is 0.115 e. The van der Waals surface area contributed by atoms with Crippen LogP contribution < -0.4 is 16.4 Å². The van der Waals surface area contributed by atoms with Gasteiger partial charge in [0.2, 0.25) is 0 Å². The highest BCUT2D eigenvalue weighted by atomic mass is 16.3. The molecule has 88 valence electrons. The maximum atomic E-state index is 9.22. The molecule has 0 saturated carbocycles. The second kappa shape index (κ2) is 4.72. The van der Waals surface area contributed by atoms with Gasteiger partial charge in [-0.1, -0.05) is 0 Å². The minimum Gasteiger partial charge on any atom is -0.508 e. The molecule has 0 radical (unpaired) electrons. The van der Waals surface area contributed by atoms with Crippen LogP contribution in [-0.4, -0.2) is 30.3 Å². The summed E-state index contributed by atoms with van der Waals surface area (Å²) in [6, 6.07) is 7.14.